The van der Waals surface area contributed by atoms with Gasteiger partial charge in [0.15, 0.2) is 5.78 Å². The van der Waals surface area contributed by atoms with Crippen LogP contribution in [-0.4, -0.2) is 27.4 Å². The lowest BCUT2D eigenvalue weighted by Gasteiger charge is -2.09. The molecule has 1 aliphatic carbocycles. The highest BCUT2D eigenvalue weighted by molar-refractivity contribution is 8.00. The highest BCUT2D eigenvalue weighted by Gasteiger charge is 2.22. The van der Waals surface area contributed by atoms with E-state index in [0.29, 0.717) is 11.3 Å². The second-order valence-electron chi connectivity index (χ2n) is 6.55. The molecule has 0 saturated heterocycles. The average Bonchev–Trinajstić information content (AvgIpc) is 3.20. The van der Waals surface area contributed by atoms with Crippen LogP contribution in [0.1, 0.15) is 40.0 Å². The van der Waals surface area contributed by atoms with Crippen molar-refractivity contribution < 1.29 is 9.59 Å². The van der Waals surface area contributed by atoms with E-state index in [1.807, 2.05) is 6.92 Å². The molecule has 7 heteroatoms. The van der Waals surface area contributed by atoms with Crippen LogP contribution in [0.5, 0.6) is 0 Å². The number of nitrogens with one attached hydrogen (secondary N) is 1. The quantitative estimate of drug-likeness (QED) is 0.392. The summed E-state index contributed by atoms with van der Waals surface area (Å²) in [6, 6.07) is 7.06. The van der Waals surface area contributed by atoms with Crippen molar-refractivity contribution in [3.63, 3.8) is 0 Å². The number of aryl methyl sites for hydroxylation is 3. The Bertz CT molecular complexity index is 1060. The van der Waals surface area contributed by atoms with Crippen molar-refractivity contribution >= 4 is 50.7 Å². The van der Waals surface area contributed by atoms with E-state index in [-0.39, 0.29) is 17.4 Å². The number of hydrogen-bond acceptors (Lipinski definition) is 6. The predicted molar refractivity (Wildman–Crippen MR) is 110 cm³/mol. The minimum atomic E-state index is -0.148. The van der Waals surface area contributed by atoms with Crippen molar-refractivity contribution in [2.45, 2.75) is 38.1 Å². The SMILES string of the molecule is CC(=O)c1ccccc1NC(=O)CSc1nc(C)nc2sc3c(c12)CCC3. The minimum Gasteiger partial charge on any atom is -0.325 e. The molecule has 27 heavy (non-hydrogen) atoms. The largest absolute Gasteiger partial charge is 0.325 e. The monoisotopic (exact) mass is 397 g/mol. The van der Waals surface area contributed by atoms with Crippen molar-refractivity contribution in [1.29, 1.82) is 0 Å². The minimum absolute atomic E-state index is 0.0690. The van der Waals surface area contributed by atoms with Crippen LogP contribution in [0, 0.1) is 6.92 Å². The van der Waals surface area contributed by atoms with Gasteiger partial charge in [0, 0.05) is 15.8 Å². The van der Waals surface area contributed by atoms with Crippen LogP contribution in [0.25, 0.3) is 10.2 Å². The number of carbonyl (C=O) groups is 2. The van der Waals surface area contributed by atoms with Crippen molar-refractivity contribution in [2.24, 2.45) is 0 Å². The molecule has 5 nitrogen and oxygen atoms in total. The molecule has 2 heterocycles. The molecule has 0 bridgehead atoms. The van der Waals surface area contributed by atoms with E-state index in [9.17, 15) is 9.59 Å². The number of anilines is 1. The van der Waals surface area contributed by atoms with Gasteiger partial charge in [-0.3, -0.25) is 9.59 Å². The third-order valence-corrected chi connectivity index (χ3v) is 6.72. The number of thiophene rings is 1. The summed E-state index contributed by atoms with van der Waals surface area (Å²) in [7, 11) is 0. The van der Waals surface area contributed by atoms with E-state index in [1.54, 1.807) is 35.6 Å². The first-order chi connectivity index (χ1) is 13.0. The molecule has 0 atom stereocenters. The molecule has 0 radical (unpaired) electrons. The molecule has 0 saturated carbocycles. The number of hydrogen-bond donors (Lipinski definition) is 1. The first-order valence-corrected chi connectivity index (χ1v) is 10.6. The van der Waals surface area contributed by atoms with Crippen LogP contribution >= 0.6 is 23.1 Å². The maximum Gasteiger partial charge on any atom is 0.234 e. The van der Waals surface area contributed by atoms with Gasteiger partial charge in [-0.25, -0.2) is 9.97 Å². The van der Waals surface area contributed by atoms with Crippen LogP contribution in [0.4, 0.5) is 5.69 Å². The highest BCUT2D eigenvalue weighted by atomic mass is 32.2. The van der Waals surface area contributed by atoms with Gasteiger partial charge in [-0.2, -0.15) is 0 Å². The Kier molecular flexibility index (Phi) is 4.97. The number of thioether (sulfide) groups is 1. The van der Waals surface area contributed by atoms with E-state index in [2.05, 4.69) is 15.3 Å². The molecule has 4 rings (SSSR count). The van der Waals surface area contributed by atoms with Gasteiger partial charge in [-0.1, -0.05) is 23.9 Å². The summed E-state index contributed by atoms with van der Waals surface area (Å²) in [5.41, 5.74) is 2.43. The van der Waals surface area contributed by atoms with Gasteiger partial charge in [0.2, 0.25) is 5.91 Å². The molecular weight excluding hydrogens is 378 g/mol. The fraction of sp³-hybridized carbons (Fsp3) is 0.300. The molecule has 1 N–H and O–H groups in total. The zero-order valence-corrected chi connectivity index (χ0v) is 16.8. The number of aromatic nitrogens is 2. The Labute approximate surface area is 165 Å². The molecule has 2 aromatic heterocycles. The number of amides is 1. The Morgan fingerprint density at radius 2 is 2.04 bits per heavy atom. The third kappa shape index (κ3) is 3.61. The summed E-state index contributed by atoms with van der Waals surface area (Å²) in [6.07, 6.45) is 3.35. The summed E-state index contributed by atoms with van der Waals surface area (Å²) < 4.78 is 0. The summed E-state index contributed by atoms with van der Waals surface area (Å²) in [4.78, 5) is 35.8. The van der Waals surface area contributed by atoms with Crippen molar-refractivity contribution in [1.82, 2.24) is 9.97 Å². The maximum absolute atomic E-state index is 12.5. The van der Waals surface area contributed by atoms with Crippen molar-refractivity contribution in [2.75, 3.05) is 11.1 Å². The van der Waals surface area contributed by atoms with E-state index < -0.39 is 0 Å². The van der Waals surface area contributed by atoms with Crippen LogP contribution in [0.3, 0.4) is 0 Å². The molecule has 0 unspecified atom stereocenters. The summed E-state index contributed by atoms with van der Waals surface area (Å²) in [5, 5.41) is 4.86. The van der Waals surface area contributed by atoms with Gasteiger partial charge in [0.25, 0.3) is 0 Å². The van der Waals surface area contributed by atoms with Gasteiger partial charge in [0.1, 0.15) is 15.7 Å². The first kappa shape index (κ1) is 18.1. The highest BCUT2D eigenvalue weighted by Crippen LogP contribution is 2.40. The summed E-state index contributed by atoms with van der Waals surface area (Å²) >= 11 is 3.19. The lowest BCUT2D eigenvalue weighted by Crippen LogP contribution is -2.16. The van der Waals surface area contributed by atoms with Gasteiger partial charge in [-0.05, 0) is 50.8 Å². The second kappa shape index (κ2) is 7.40. The Morgan fingerprint density at radius 3 is 2.85 bits per heavy atom. The fourth-order valence-electron chi connectivity index (χ4n) is 3.39. The van der Waals surface area contributed by atoms with E-state index in [1.165, 1.54) is 35.5 Å². The zero-order valence-electron chi connectivity index (χ0n) is 15.2. The van der Waals surface area contributed by atoms with Crippen LogP contribution < -0.4 is 5.32 Å². The lowest BCUT2D eigenvalue weighted by atomic mass is 10.1. The standard InChI is InChI=1S/C20H19N3O2S2/c1-11(24)13-6-3-4-8-15(13)23-17(25)10-26-19-18-14-7-5-9-16(14)27-20(18)22-12(2)21-19/h3-4,6,8H,5,7,9-10H2,1-2H3,(H,23,25). The maximum atomic E-state index is 12.5. The summed E-state index contributed by atoms with van der Waals surface area (Å²) in [5.74, 6) is 0.750. The van der Waals surface area contributed by atoms with Crippen LogP contribution in [-0.2, 0) is 17.6 Å². The van der Waals surface area contributed by atoms with Crippen molar-refractivity contribution in [3.05, 3.63) is 46.1 Å². The Balaban J connectivity index is 1.54. The van der Waals surface area contributed by atoms with Crippen molar-refractivity contribution in [3.8, 4) is 0 Å². The molecule has 0 spiro atoms. The molecule has 0 fully saturated rings. The number of para-hydroxylation sites is 1. The van der Waals surface area contributed by atoms with E-state index >= 15 is 0 Å². The number of rotatable bonds is 5. The van der Waals surface area contributed by atoms with Crippen LogP contribution in [0.2, 0.25) is 0 Å². The third-order valence-electron chi connectivity index (χ3n) is 4.56. The topological polar surface area (TPSA) is 72.0 Å². The number of fused-ring (bicyclic) bond motifs is 3. The van der Waals surface area contributed by atoms with E-state index in [4.69, 9.17) is 0 Å². The number of benzene rings is 1. The molecule has 1 aromatic carbocycles. The van der Waals surface area contributed by atoms with Gasteiger partial charge in [0.05, 0.1) is 11.4 Å². The number of nitrogens with zero attached hydrogens (tertiary/aromatic N) is 2. The molecular formula is C20H19N3O2S2. The lowest BCUT2D eigenvalue weighted by molar-refractivity contribution is -0.113. The van der Waals surface area contributed by atoms with E-state index in [0.717, 1.165) is 33.9 Å². The fourth-order valence-corrected chi connectivity index (χ4v) is 5.66. The average molecular weight is 398 g/mol. The van der Waals surface area contributed by atoms with Gasteiger partial charge < -0.3 is 5.32 Å². The van der Waals surface area contributed by atoms with Crippen LogP contribution in [0.15, 0.2) is 29.3 Å². The molecule has 3 aromatic rings. The Hall–Kier alpha value is -2.25. The number of Topliss-reactive ketones (excluding diaryl/α,β-unsaturated/α-hetero) is 1. The predicted octanol–water partition coefficient (Wildman–Crippen LogP) is 4.42. The molecule has 0 aliphatic heterocycles. The number of carbonyl (C=O) groups excluding carboxylic acids is 2. The number of ketones is 1. The summed E-state index contributed by atoms with van der Waals surface area (Å²) in [6.45, 7) is 3.38. The Morgan fingerprint density at radius 1 is 1.22 bits per heavy atom. The smallest absolute Gasteiger partial charge is 0.234 e. The molecule has 138 valence electrons. The van der Waals surface area contributed by atoms with Gasteiger partial charge in [-0.15, -0.1) is 11.3 Å². The first-order valence-electron chi connectivity index (χ1n) is 8.84. The molecule has 1 amide bonds. The second-order valence-corrected chi connectivity index (χ2v) is 8.60. The zero-order chi connectivity index (χ0) is 19.0. The normalized spacial score (nSPS) is 13.0. The molecule has 1 aliphatic rings. The van der Waals surface area contributed by atoms with Gasteiger partial charge >= 0.3 is 0 Å².